The van der Waals surface area contributed by atoms with E-state index in [9.17, 15) is 4.79 Å². The Kier molecular flexibility index (Phi) is 6.42. The third-order valence-electron chi connectivity index (χ3n) is 3.38. The number of rotatable bonds is 4. The molecule has 4 nitrogen and oxygen atoms in total. The molecule has 1 heterocycles. The molecule has 1 atom stereocenters. The van der Waals surface area contributed by atoms with Gasteiger partial charge in [0.25, 0.3) is 0 Å². The minimum Gasteiger partial charge on any atom is -0.359 e. The molecule has 0 aromatic carbocycles. The average Bonchev–Trinajstić information content (AvgIpc) is 2.26. The molecule has 1 saturated heterocycles. The molecule has 1 aliphatic rings. The van der Waals surface area contributed by atoms with Crippen LogP contribution in [0.15, 0.2) is 0 Å². The van der Waals surface area contributed by atoms with Gasteiger partial charge in [-0.15, -0.1) is 0 Å². The highest BCUT2D eigenvalue weighted by molar-refractivity contribution is 5.76. The Morgan fingerprint density at radius 2 is 1.81 bits per heavy atom. The fourth-order valence-electron chi connectivity index (χ4n) is 2.31. The maximum atomic E-state index is 11.4. The van der Waals surface area contributed by atoms with Gasteiger partial charge in [0, 0.05) is 26.1 Å². The number of nitrogens with two attached hydrogens (primary N) is 1. The van der Waals surface area contributed by atoms with E-state index in [1.165, 1.54) is 32.1 Å². The number of hydrogen-bond donors (Lipinski definition) is 2. The second-order valence-electron chi connectivity index (χ2n) is 4.57. The number of nitrogens with zero attached hydrogens (tertiary/aromatic N) is 1. The quantitative estimate of drug-likeness (QED) is 0.744. The number of amides is 1. The minimum atomic E-state index is 0.0949. The summed E-state index contributed by atoms with van der Waals surface area (Å²) in [6.07, 6.45) is 7.00. The van der Waals surface area contributed by atoms with Crippen LogP contribution in [0.4, 0.5) is 0 Å². The summed E-state index contributed by atoms with van der Waals surface area (Å²) < 4.78 is 0. The minimum absolute atomic E-state index is 0.0949. The van der Waals surface area contributed by atoms with Crippen molar-refractivity contribution in [1.82, 2.24) is 10.2 Å². The van der Waals surface area contributed by atoms with Crippen molar-refractivity contribution in [3.05, 3.63) is 0 Å². The fraction of sp³-hybridized carbons (Fsp3) is 0.917. The van der Waals surface area contributed by atoms with E-state index in [4.69, 9.17) is 5.73 Å². The van der Waals surface area contributed by atoms with Gasteiger partial charge in [-0.1, -0.05) is 19.3 Å². The topological polar surface area (TPSA) is 58.4 Å². The summed E-state index contributed by atoms with van der Waals surface area (Å²) in [4.78, 5) is 13.8. The summed E-state index contributed by atoms with van der Waals surface area (Å²) in [7, 11) is 1.68. The standard InChI is InChI=1S/C12H25N3O/c1-14-12(16)9-11(10-13)15-7-5-3-2-4-6-8-15/h11H,2-10,13H2,1H3,(H,14,16). The van der Waals surface area contributed by atoms with Crippen LogP contribution in [0.2, 0.25) is 0 Å². The van der Waals surface area contributed by atoms with E-state index in [0.29, 0.717) is 13.0 Å². The molecule has 0 saturated carbocycles. The van der Waals surface area contributed by atoms with Crippen LogP contribution >= 0.6 is 0 Å². The first-order valence-electron chi connectivity index (χ1n) is 6.42. The highest BCUT2D eigenvalue weighted by atomic mass is 16.1. The average molecular weight is 227 g/mol. The molecule has 0 bridgehead atoms. The van der Waals surface area contributed by atoms with Crippen LogP contribution in [0.5, 0.6) is 0 Å². The van der Waals surface area contributed by atoms with Crippen LogP contribution in [0.25, 0.3) is 0 Å². The van der Waals surface area contributed by atoms with Crippen molar-refractivity contribution in [2.24, 2.45) is 5.73 Å². The predicted octanol–water partition coefficient (Wildman–Crippen LogP) is 0.716. The maximum absolute atomic E-state index is 11.4. The molecule has 0 aromatic heterocycles. The molecular weight excluding hydrogens is 202 g/mol. The molecule has 0 radical (unpaired) electrons. The normalized spacial score (nSPS) is 20.9. The van der Waals surface area contributed by atoms with Crippen LogP contribution in [-0.2, 0) is 4.79 Å². The SMILES string of the molecule is CNC(=O)CC(CN)N1CCCCCCC1. The van der Waals surface area contributed by atoms with E-state index in [2.05, 4.69) is 10.2 Å². The zero-order valence-electron chi connectivity index (χ0n) is 10.4. The number of carbonyl (C=O) groups excluding carboxylic acids is 1. The summed E-state index contributed by atoms with van der Waals surface area (Å²) >= 11 is 0. The zero-order chi connectivity index (χ0) is 11.8. The van der Waals surface area contributed by atoms with Gasteiger partial charge in [-0.25, -0.2) is 0 Å². The van der Waals surface area contributed by atoms with Gasteiger partial charge in [0.05, 0.1) is 0 Å². The molecule has 3 N–H and O–H groups in total. The molecule has 16 heavy (non-hydrogen) atoms. The van der Waals surface area contributed by atoms with Crippen molar-refractivity contribution in [3.8, 4) is 0 Å². The van der Waals surface area contributed by atoms with E-state index in [-0.39, 0.29) is 11.9 Å². The Labute approximate surface area is 98.6 Å². The summed E-state index contributed by atoms with van der Waals surface area (Å²) in [5.41, 5.74) is 5.78. The predicted molar refractivity (Wildman–Crippen MR) is 66.2 cm³/mol. The molecule has 0 aliphatic carbocycles. The lowest BCUT2D eigenvalue weighted by Gasteiger charge is -2.31. The van der Waals surface area contributed by atoms with Crippen molar-refractivity contribution in [3.63, 3.8) is 0 Å². The van der Waals surface area contributed by atoms with E-state index in [1.54, 1.807) is 7.05 Å². The maximum Gasteiger partial charge on any atom is 0.221 e. The van der Waals surface area contributed by atoms with Crippen LogP contribution in [0.1, 0.15) is 38.5 Å². The van der Waals surface area contributed by atoms with Gasteiger partial charge in [0.1, 0.15) is 0 Å². The Bertz CT molecular complexity index is 200. The van der Waals surface area contributed by atoms with Crippen LogP contribution < -0.4 is 11.1 Å². The van der Waals surface area contributed by atoms with Gasteiger partial charge in [0.2, 0.25) is 5.91 Å². The number of likely N-dealkylation sites (tertiary alicyclic amines) is 1. The van der Waals surface area contributed by atoms with Crippen LogP contribution in [-0.4, -0.2) is 43.5 Å². The molecule has 0 spiro atoms. The lowest BCUT2D eigenvalue weighted by molar-refractivity contribution is -0.121. The zero-order valence-corrected chi connectivity index (χ0v) is 10.4. The second kappa shape index (κ2) is 7.63. The summed E-state index contributed by atoms with van der Waals surface area (Å²) in [6.45, 7) is 2.77. The van der Waals surface area contributed by atoms with Crippen LogP contribution in [0, 0.1) is 0 Å². The molecule has 4 heteroatoms. The number of nitrogens with one attached hydrogen (secondary N) is 1. The first-order valence-corrected chi connectivity index (χ1v) is 6.42. The summed E-state index contributed by atoms with van der Waals surface area (Å²) in [6, 6.07) is 0.220. The molecular formula is C12H25N3O. The molecule has 1 aliphatic heterocycles. The monoisotopic (exact) mass is 227 g/mol. The summed E-state index contributed by atoms with van der Waals surface area (Å²) in [5, 5.41) is 2.68. The van der Waals surface area contributed by atoms with Gasteiger partial charge >= 0.3 is 0 Å². The van der Waals surface area contributed by atoms with Crippen molar-refractivity contribution in [1.29, 1.82) is 0 Å². The molecule has 94 valence electrons. The fourth-order valence-corrected chi connectivity index (χ4v) is 2.31. The number of hydrogen-bond acceptors (Lipinski definition) is 3. The smallest absolute Gasteiger partial charge is 0.221 e. The van der Waals surface area contributed by atoms with Crippen LogP contribution in [0.3, 0.4) is 0 Å². The van der Waals surface area contributed by atoms with Gasteiger partial charge in [-0.2, -0.15) is 0 Å². The van der Waals surface area contributed by atoms with Crippen molar-refractivity contribution in [2.45, 2.75) is 44.6 Å². The first kappa shape index (κ1) is 13.5. The highest BCUT2D eigenvalue weighted by Gasteiger charge is 2.20. The number of carbonyl (C=O) groups is 1. The molecule has 1 fully saturated rings. The molecule has 1 unspecified atom stereocenters. The third-order valence-corrected chi connectivity index (χ3v) is 3.38. The first-order chi connectivity index (χ1) is 7.77. The largest absolute Gasteiger partial charge is 0.359 e. The van der Waals surface area contributed by atoms with Gasteiger partial charge in [-0.3, -0.25) is 9.69 Å². The second-order valence-corrected chi connectivity index (χ2v) is 4.57. The van der Waals surface area contributed by atoms with Crippen molar-refractivity contribution >= 4 is 5.91 Å². The van der Waals surface area contributed by atoms with Crippen molar-refractivity contribution in [2.75, 3.05) is 26.7 Å². The van der Waals surface area contributed by atoms with Gasteiger partial charge in [0.15, 0.2) is 0 Å². The van der Waals surface area contributed by atoms with Crippen molar-refractivity contribution < 1.29 is 4.79 Å². The van der Waals surface area contributed by atoms with E-state index in [0.717, 1.165) is 13.1 Å². The lowest BCUT2D eigenvalue weighted by atomic mass is 10.1. The Hall–Kier alpha value is -0.610. The Morgan fingerprint density at radius 1 is 1.25 bits per heavy atom. The van der Waals surface area contributed by atoms with E-state index in [1.807, 2.05) is 0 Å². The molecule has 1 rings (SSSR count). The van der Waals surface area contributed by atoms with Gasteiger partial charge in [-0.05, 0) is 25.9 Å². The molecule has 0 aromatic rings. The highest BCUT2D eigenvalue weighted by Crippen LogP contribution is 2.14. The van der Waals surface area contributed by atoms with Gasteiger partial charge < -0.3 is 11.1 Å². The molecule has 1 amide bonds. The lowest BCUT2D eigenvalue weighted by Crippen LogP contribution is -2.44. The Balaban J connectivity index is 2.44. The third kappa shape index (κ3) is 4.49. The van der Waals surface area contributed by atoms with E-state index < -0.39 is 0 Å². The Morgan fingerprint density at radius 3 is 2.31 bits per heavy atom. The summed E-state index contributed by atoms with van der Waals surface area (Å²) in [5.74, 6) is 0.0949. The van der Waals surface area contributed by atoms with E-state index >= 15 is 0 Å².